The fourth-order valence-electron chi connectivity index (χ4n) is 1.17. The summed E-state index contributed by atoms with van der Waals surface area (Å²) in [6.45, 7) is 0.241. The van der Waals surface area contributed by atoms with Crippen molar-refractivity contribution in [2.45, 2.75) is 6.42 Å². The molecule has 0 radical (unpaired) electrons. The highest BCUT2D eigenvalue weighted by Gasteiger charge is 2.14. The van der Waals surface area contributed by atoms with E-state index < -0.39 is 5.82 Å². The van der Waals surface area contributed by atoms with Gasteiger partial charge in [0.1, 0.15) is 5.82 Å². The molecule has 0 bridgehead atoms. The Morgan fingerprint density at radius 2 is 2.27 bits per heavy atom. The van der Waals surface area contributed by atoms with Crippen molar-refractivity contribution in [1.29, 1.82) is 0 Å². The van der Waals surface area contributed by atoms with Crippen LogP contribution in [0, 0.1) is 5.82 Å². The van der Waals surface area contributed by atoms with Gasteiger partial charge in [-0.15, -0.1) is 0 Å². The molecule has 1 amide bonds. The second-order valence-corrected chi connectivity index (χ2v) is 3.52. The molecule has 3 nitrogen and oxygen atoms in total. The number of carbonyl (C=O) groups excluding carboxylic acids is 1. The van der Waals surface area contributed by atoms with Gasteiger partial charge in [-0.25, -0.2) is 4.39 Å². The van der Waals surface area contributed by atoms with Gasteiger partial charge in [0.05, 0.1) is 5.69 Å². The quantitative estimate of drug-likeness (QED) is 0.861. The Labute approximate surface area is 92.6 Å². The average molecular weight is 231 g/mol. The van der Waals surface area contributed by atoms with Gasteiger partial charge in [0.15, 0.2) is 0 Å². The molecule has 1 rings (SSSR count). The third-order valence-corrected chi connectivity index (χ3v) is 2.24. The Morgan fingerprint density at radius 3 is 2.87 bits per heavy atom. The highest BCUT2D eigenvalue weighted by Crippen LogP contribution is 2.22. The number of benzene rings is 1. The van der Waals surface area contributed by atoms with Gasteiger partial charge in [0.25, 0.3) is 0 Å². The van der Waals surface area contributed by atoms with E-state index >= 15 is 0 Å². The van der Waals surface area contributed by atoms with Gasteiger partial charge >= 0.3 is 0 Å². The molecule has 0 heterocycles. The Bertz CT molecular complexity index is 370. The average Bonchev–Trinajstić information content (AvgIpc) is 2.21. The molecule has 0 atom stereocenters. The van der Waals surface area contributed by atoms with Crippen molar-refractivity contribution in [2.24, 2.45) is 5.73 Å². The first-order valence-corrected chi connectivity index (χ1v) is 4.85. The van der Waals surface area contributed by atoms with E-state index in [1.165, 1.54) is 30.1 Å². The van der Waals surface area contributed by atoms with Crippen LogP contribution in [0.1, 0.15) is 6.42 Å². The van der Waals surface area contributed by atoms with Gasteiger partial charge in [0, 0.05) is 25.0 Å². The highest BCUT2D eigenvalue weighted by molar-refractivity contribution is 6.30. The predicted octanol–water partition coefficient (Wildman–Crippen LogP) is 1.79. The second-order valence-electron chi connectivity index (χ2n) is 3.09. The van der Waals surface area contributed by atoms with Crippen molar-refractivity contribution >= 4 is 23.2 Å². The molecule has 0 fully saturated rings. The maximum atomic E-state index is 13.3. The largest absolute Gasteiger partial charge is 0.330 e. The topological polar surface area (TPSA) is 46.3 Å². The summed E-state index contributed by atoms with van der Waals surface area (Å²) in [7, 11) is 1.49. The van der Waals surface area contributed by atoms with Gasteiger partial charge in [-0.1, -0.05) is 11.6 Å². The van der Waals surface area contributed by atoms with Gasteiger partial charge < -0.3 is 10.6 Å². The number of hydrogen-bond acceptors (Lipinski definition) is 2. The molecule has 0 aliphatic rings. The van der Waals surface area contributed by atoms with Crippen LogP contribution < -0.4 is 10.6 Å². The van der Waals surface area contributed by atoms with E-state index in [0.29, 0.717) is 5.02 Å². The summed E-state index contributed by atoms with van der Waals surface area (Å²) < 4.78 is 13.3. The lowest BCUT2D eigenvalue weighted by Gasteiger charge is -2.17. The minimum absolute atomic E-state index is 0.168. The molecule has 0 spiro atoms. The summed E-state index contributed by atoms with van der Waals surface area (Å²) in [6, 6.07) is 4.07. The molecule has 0 aromatic heterocycles. The molecule has 5 heteroatoms. The number of rotatable bonds is 3. The molecule has 0 aliphatic heterocycles. The maximum absolute atomic E-state index is 13.3. The van der Waals surface area contributed by atoms with Crippen molar-refractivity contribution in [2.75, 3.05) is 18.5 Å². The van der Waals surface area contributed by atoms with E-state index in [1.807, 2.05) is 0 Å². The predicted molar refractivity (Wildman–Crippen MR) is 58.5 cm³/mol. The smallest absolute Gasteiger partial charge is 0.228 e. The summed E-state index contributed by atoms with van der Waals surface area (Å²) in [5.74, 6) is -0.717. The van der Waals surface area contributed by atoms with Crippen molar-refractivity contribution in [3.8, 4) is 0 Å². The van der Waals surface area contributed by atoms with Crippen LogP contribution in [0.4, 0.5) is 10.1 Å². The first kappa shape index (κ1) is 11.9. The van der Waals surface area contributed by atoms with Crippen molar-refractivity contribution in [1.82, 2.24) is 0 Å². The molecule has 0 saturated carbocycles. The molecule has 0 aliphatic carbocycles. The molecule has 2 N–H and O–H groups in total. The number of anilines is 1. The minimum atomic E-state index is -0.479. The van der Waals surface area contributed by atoms with Crippen LogP contribution >= 0.6 is 11.6 Å². The van der Waals surface area contributed by atoms with Crippen LogP contribution in [0.5, 0.6) is 0 Å². The number of nitrogens with two attached hydrogens (primary N) is 1. The SMILES string of the molecule is CN(C(=O)CCN)c1cc(Cl)ccc1F. The van der Waals surface area contributed by atoms with Crippen LogP contribution in [-0.4, -0.2) is 19.5 Å². The van der Waals surface area contributed by atoms with E-state index in [0.717, 1.165) is 0 Å². The first-order chi connectivity index (χ1) is 7.06. The Hall–Kier alpha value is -1.13. The zero-order valence-electron chi connectivity index (χ0n) is 8.34. The van der Waals surface area contributed by atoms with Crippen LogP contribution in [0.2, 0.25) is 5.02 Å². The highest BCUT2D eigenvalue weighted by atomic mass is 35.5. The number of amides is 1. The van der Waals surface area contributed by atoms with Crippen LogP contribution in [-0.2, 0) is 4.79 Å². The molecule has 0 saturated heterocycles. The zero-order valence-corrected chi connectivity index (χ0v) is 9.09. The van der Waals surface area contributed by atoms with E-state index in [1.54, 1.807) is 0 Å². The molecule has 15 heavy (non-hydrogen) atoms. The summed E-state index contributed by atoms with van der Waals surface area (Å²) in [5, 5.41) is 0.388. The molecule has 1 aromatic carbocycles. The van der Waals surface area contributed by atoms with Crippen LogP contribution in [0.3, 0.4) is 0 Å². The Kier molecular flexibility index (Phi) is 4.05. The van der Waals surface area contributed by atoms with Gasteiger partial charge in [0.2, 0.25) is 5.91 Å². The van der Waals surface area contributed by atoms with E-state index in [9.17, 15) is 9.18 Å². The first-order valence-electron chi connectivity index (χ1n) is 4.48. The fraction of sp³-hybridized carbons (Fsp3) is 0.300. The maximum Gasteiger partial charge on any atom is 0.228 e. The standard InChI is InChI=1S/C10H12ClFN2O/c1-14(10(15)4-5-13)9-6-7(11)2-3-8(9)12/h2-3,6H,4-5,13H2,1H3. The fourth-order valence-corrected chi connectivity index (χ4v) is 1.33. The molecule has 0 unspecified atom stereocenters. The van der Waals surface area contributed by atoms with Crippen molar-refractivity contribution in [3.63, 3.8) is 0 Å². The summed E-state index contributed by atoms with van der Waals surface area (Å²) >= 11 is 5.71. The number of nitrogens with zero attached hydrogens (tertiary/aromatic N) is 1. The lowest BCUT2D eigenvalue weighted by molar-refractivity contribution is -0.118. The number of hydrogen-bond donors (Lipinski definition) is 1. The van der Waals surface area contributed by atoms with E-state index in [-0.39, 0.29) is 24.6 Å². The molecular weight excluding hydrogens is 219 g/mol. The summed E-state index contributed by atoms with van der Waals surface area (Å²) in [4.78, 5) is 12.7. The van der Waals surface area contributed by atoms with Gasteiger partial charge in [-0.05, 0) is 18.2 Å². The molecule has 82 valence electrons. The van der Waals surface area contributed by atoms with E-state index in [2.05, 4.69) is 0 Å². The minimum Gasteiger partial charge on any atom is -0.330 e. The van der Waals surface area contributed by atoms with Crippen molar-refractivity contribution in [3.05, 3.63) is 29.0 Å². The van der Waals surface area contributed by atoms with E-state index in [4.69, 9.17) is 17.3 Å². The van der Waals surface area contributed by atoms with Crippen LogP contribution in [0.15, 0.2) is 18.2 Å². The zero-order chi connectivity index (χ0) is 11.4. The van der Waals surface area contributed by atoms with Gasteiger partial charge in [-0.2, -0.15) is 0 Å². The normalized spacial score (nSPS) is 10.1. The van der Waals surface area contributed by atoms with Gasteiger partial charge in [-0.3, -0.25) is 4.79 Å². The molecule has 1 aromatic rings. The second kappa shape index (κ2) is 5.09. The monoisotopic (exact) mass is 230 g/mol. The third kappa shape index (κ3) is 2.91. The lowest BCUT2D eigenvalue weighted by atomic mass is 10.2. The van der Waals surface area contributed by atoms with Crippen molar-refractivity contribution < 1.29 is 9.18 Å². The number of carbonyl (C=O) groups is 1. The number of halogens is 2. The lowest BCUT2D eigenvalue weighted by Crippen LogP contribution is -2.28. The van der Waals surface area contributed by atoms with Crippen LogP contribution in [0.25, 0.3) is 0 Å². The Morgan fingerprint density at radius 1 is 1.60 bits per heavy atom. The summed E-state index contributed by atoms with van der Waals surface area (Å²) in [6.07, 6.45) is 0.183. The Balaban J connectivity index is 2.94. The molecular formula is C10H12ClFN2O. The summed E-state index contributed by atoms with van der Waals surface area (Å²) in [5.41, 5.74) is 5.41. The third-order valence-electron chi connectivity index (χ3n) is 2.00.